The maximum atomic E-state index is 11.2. The molecular weight excluding hydrogens is 547 g/mol. The lowest BCUT2D eigenvalue weighted by molar-refractivity contribution is 0.120. The number of nitrogens with two attached hydrogens (primary N) is 1. The van der Waals surface area contributed by atoms with Crippen molar-refractivity contribution in [2.45, 2.75) is 32.2 Å². The zero-order valence-corrected chi connectivity index (χ0v) is 23.4. The predicted molar refractivity (Wildman–Crippen MR) is 148 cm³/mol. The first-order chi connectivity index (χ1) is 18.1. The molecule has 2 aliphatic heterocycles. The topological polar surface area (TPSA) is 134 Å². The highest BCUT2D eigenvalue weighted by atomic mass is 35.5. The molecule has 0 radical (unpaired) electrons. The van der Waals surface area contributed by atoms with Crippen molar-refractivity contribution in [2.75, 3.05) is 43.4 Å². The first kappa shape index (κ1) is 27.1. The molecule has 1 aromatic carbocycles. The molecule has 0 spiro atoms. The van der Waals surface area contributed by atoms with Gasteiger partial charge in [0.25, 0.3) is 0 Å². The number of hydrogen-bond acceptors (Lipinski definition) is 8. The molecule has 10 nitrogen and oxygen atoms in total. The van der Waals surface area contributed by atoms with Crippen molar-refractivity contribution in [3.63, 3.8) is 0 Å². The lowest BCUT2D eigenvalue weighted by Gasteiger charge is -2.47. The summed E-state index contributed by atoms with van der Waals surface area (Å²) < 4.78 is 24.2. The Bertz CT molecular complexity index is 1480. The number of rotatable bonds is 8. The first-order valence-electron chi connectivity index (χ1n) is 12.7. The molecule has 2 fully saturated rings. The van der Waals surface area contributed by atoms with Crippen molar-refractivity contribution in [3.05, 3.63) is 45.7 Å². The van der Waals surface area contributed by atoms with Gasteiger partial charge in [0.05, 0.1) is 18.0 Å². The van der Waals surface area contributed by atoms with Crippen molar-refractivity contribution in [1.29, 1.82) is 5.26 Å². The summed E-state index contributed by atoms with van der Waals surface area (Å²) in [5.74, 6) is 1.89. The Morgan fingerprint density at radius 2 is 2.03 bits per heavy atom. The maximum Gasteiger partial charge on any atom is 0.209 e. The Kier molecular flexibility index (Phi) is 7.80. The van der Waals surface area contributed by atoms with Crippen molar-refractivity contribution in [2.24, 2.45) is 17.0 Å². The van der Waals surface area contributed by atoms with Crippen LogP contribution in [-0.2, 0) is 10.0 Å². The predicted octanol–water partition coefficient (Wildman–Crippen LogP) is 3.44. The molecule has 2 saturated heterocycles. The van der Waals surface area contributed by atoms with Gasteiger partial charge in [-0.05, 0) is 68.8 Å². The lowest BCUT2D eigenvalue weighted by Crippen LogP contribution is -2.54. The zero-order chi connectivity index (χ0) is 27.0. The summed E-state index contributed by atoms with van der Waals surface area (Å²) in [6, 6.07) is 7.17. The van der Waals surface area contributed by atoms with Crippen LogP contribution in [-0.4, -0.2) is 71.5 Å². The molecule has 38 heavy (non-hydrogen) atoms. The third-order valence-corrected chi connectivity index (χ3v) is 9.04. The van der Waals surface area contributed by atoms with Gasteiger partial charge in [-0.15, -0.1) is 0 Å². The van der Waals surface area contributed by atoms with E-state index in [2.05, 4.69) is 26.0 Å². The summed E-state index contributed by atoms with van der Waals surface area (Å²) in [4.78, 5) is 14.0. The van der Waals surface area contributed by atoms with Crippen LogP contribution in [0.4, 0.5) is 5.82 Å². The van der Waals surface area contributed by atoms with Crippen LogP contribution in [0, 0.1) is 23.2 Å². The van der Waals surface area contributed by atoms with Crippen LogP contribution in [0.25, 0.3) is 11.2 Å². The Labute approximate surface area is 232 Å². The van der Waals surface area contributed by atoms with Crippen LogP contribution in [0.3, 0.4) is 0 Å². The minimum absolute atomic E-state index is 0.0272. The van der Waals surface area contributed by atoms with Crippen LogP contribution < -0.4 is 10.0 Å². The van der Waals surface area contributed by atoms with E-state index in [4.69, 9.17) is 33.3 Å². The third-order valence-electron chi connectivity index (χ3n) is 7.62. The van der Waals surface area contributed by atoms with Crippen LogP contribution in [0.5, 0.6) is 0 Å². The Morgan fingerprint density at radius 3 is 2.74 bits per heavy atom. The average Bonchev–Trinajstić information content (AvgIpc) is 3.20. The van der Waals surface area contributed by atoms with E-state index < -0.39 is 10.0 Å². The highest BCUT2D eigenvalue weighted by Gasteiger charge is 2.36. The van der Waals surface area contributed by atoms with E-state index in [-0.39, 0.29) is 17.5 Å². The highest BCUT2D eigenvalue weighted by Crippen LogP contribution is 2.35. The number of likely N-dealkylation sites (tertiary alicyclic amines) is 1. The molecule has 2 aromatic heterocycles. The normalized spacial score (nSPS) is 19.9. The smallest absolute Gasteiger partial charge is 0.209 e. The number of sulfonamides is 1. The number of fused-ring (bicyclic) bond motifs is 1. The van der Waals surface area contributed by atoms with E-state index in [1.165, 1.54) is 6.42 Å². The molecule has 3 aromatic rings. The van der Waals surface area contributed by atoms with E-state index >= 15 is 0 Å². The van der Waals surface area contributed by atoms with E-state index in [0.29, 0.717) is 39.5 Å². The van der Waals surface area contributed by atoms with Gasteiger partial charge in [-0.25, -0.2) is 28.2 Å². The summed E-state index contributed by atoms with van der Waals surface area (Å²) in [6.07, 6.45) is 4.57. The molecule has 2 aliphatic rings. The molecule has 0 saturated carbocycles. The molecule has 0 aliphatic carbocycles. The SMILES string of the molecule is CC(c1ccc(Cl)cc1Cl)n1nc(C#N)c2ncc(N3CC([C@H]4CCCN(CCCS(N)(=O)=O)C4)C3)nc21. The summed E-state index contributed by atoms with van der Waals surface area (Å²) in [5.41, 5.74) is 2.06. The molecule has 2 atom stereocenters. The van der Waals surface area contributed by atoms with Gasteiger partial charge in [-0.3, -0.25) is 0 Å². The second-order valence-corrected chi connectivity index (χ2v) is 12.8. The first-order valence-corrected chi connectivity index (χ1v) is 15.2. The monoisotopic (exact) mass is 576 g/mol. The number of nitrogens with zero attached hydrogens (tertiary/aromatic N) is 7. The van der Waals surface area contributed by atoms with Crippen LogP contribution in [0.2, 0.25) is 10.0 Å². The van der Waals surface area contributed by atoms with Gasteiger partial charge in [-0.1, -0.05) is 29.3 Å². The number of anilines is 1. The fourth-order valence-electron chi connectivity index (χ4n) is 5.54. The van der Waals surface area contributed by atoms with Gasteiger partial charge < -0.3 is 9.80 Å². The molecular formula is C25H30Cl2N8O2S. The number of piperidine rings is 1. The molecule has 0 bridgehead atoms. The number of benzene rings is 1. The van der Waals surface area contributed by atoms with E-state index in [1.54, 1.807) is 23.0 Å². The van der Waals surface area contributed by atoms with Crippen LogP contribution in [0.15, 0.2) is 24.4 Å². The van der Waals surface area contributed by atoms with Gasteiger partial charge in [-0.2, -0.15) is 10.4 Å². The molecule has 4 heterocycles. The summed E-state index contributed by atoms with van der Waals surface area (Å²) in [7, 11) is -3.41. The largest absolute Gasteiger partial charge is 0.355 e. The van der Waals surface area contributed by atoms with E-state index in [9.17, 15) is 13.7 Å². The van der Waals surface area contributed by atoms with Crippen molar-refractivity contribution < 1.29 is 8.42 Å². The summed E-state index contributed by atoms with van der Waals surface area (Å²) in [5, 5.41) is 20.3. The van der Waals surface area contributed by atoms with Gasteiger partial charge in [0.1, 0.15) is 17.4 Å². The molecule has 0 amide bonds. The molecule has 5 rings (SSSR count). The quantitative estimate of drug-likeness (QED) is 0.431. The molecule has 2 N–H and O–H groups in total. The van der Waals surface area contributed by atoms with Crippen LogP contribution in [0.1, 0.15) is 43.5 Å². The number of hydrogen-bond donors (Lipinski definition) is 1. The van der Waals surface area contributed by atoms with Crippen LogP contribution >= 0.6 is 23.2 Å². The Morgan fingerprint density at radius 1 is 1.24 bits per heavy atom. The second kappa shape index (κ2) is 10.9. The molecule has 202 valence electrons. The van der Waals surface area contributed by atoms with Crippen molar-refractivity contribution in [1.82, 2.24) is 24.6 Å². The van der Waals surface area contributed by atoms with Crippen molar-refractivity contribution >= 4 is 50.2 Å². The Hall–Kier alpha value is -2.49. The minimum Gasteiger partial charge on any atom is -0.355 e. The van der Waals surface area contributed by atoms with Gasteiger partial charge >= 0.3 is 0 Å². The number of halogens is 2. The fraction of sp³-hybridized carbons (Fsp3) is 0.520. The average molecular weight is 578 g/mol. The standard InChI is InChI=1S/C25H30Cl2N8O2S/c1-16(20-6-5-19(26)10-21(20)27)35-25-24(22(11-28)32-35)30-12-23(31-25)34-14-18(15-34)17-4-2-7-33(13-17)8-3-9-38(29,36)37/h5-6,10,12,16-18H,2-4,7-9,13-15H2,1H3,(H2,29,36,37)/t16?,17-/m0/s1. The number of nitriles is 1. The van der Waals surface area contributed by atoms with E-state index in [0.717, 1.165) is 50.5 Å². The summed E-state index contributed by atoms with van der Waals surface area (Å²) in [6.45, 7) is 6.45. The molecule has 1 unspecified atom stereocenters. The maximum absolute atomic E-state index is 11.2. The second-order valence-electron chi connectivity index (χ2n) is 10.2. The minimum atomic E-state index is -3.41. The van der Waals surface area contributed by atoms with Gasteiger partial charge in [0.15, 0.2) is 11.3 Å². The summed E-state index contributed by atoms with van der Waals surface area (Å²) >= 11 is 12.5. The van der Waals surface area contributed by atoms with Gasteiger partial charge in [0.2, 0.25) is 10.0 Å². The highest BCUT2D eigenvalue weighted by molar-refractivity contribution is 7.89. The van der Waals surface area contributed by atoms with E-state index in [1.807, 2.05) is 13.0 Å². The number of aromatic nitrogens is 4. The van der Waals surface area contributed by atoms with Gasteiger partial charge in [0, 0.05) is 29.7 Å². The number of primary sulfonamides is 1. The third kappa shape index (κ3) is 5.75. The Balaban J connectivity index is 1.29. The fourth-order valence-corrected chi connectivity index (χ4v) is 6.63. The zero-order valence-electron chi connectivity index (χ0n) is 21.1. The molecule has 13 heteroatoms. The lowest BCUT2D eigenvalue weighted by atomic mass is 9.80. The van der Waals surface area contributed by atoms with Crippen molar-refractivity contribution in [3.8, 4) is 6.07 Å².